The molecule has 3 atom stereocenters. The van der Waals surface area contributed by atoms with Gasteiger partial charge in [-0.3, -0.25) is 15.5 Å². The second-order valence-electron chi connectivity index (χ2n) is 4.24. The lowest BCUT2D eigenvalue weighted by Gasteiger charge is -2.25. The Kier molecular flexibility index (Phi) is 6.18. The maximum Gasteiger partial charge on any atom is 0.111 e. The van der Waals surface area contributed by atoms with Crippen molar-refractivity contribution in [3.63, 3.8) is 0 Å². The van der Waals surface area contributed by atoms with Crippen LogP contribution in [0.2, 0.25) is 0 Å². The van der Waals surface area contributed by atoms with Crippen LogP contribution in [0.1, 0.15) is 26.2 Å². The monoisotopic (exact) mass is 233 g/mol. The van der Waals surface area contributed by atoms with E-state index >= 15 is 0 Å². The van der Waals surface area contributed by atoms with Crippen molar-refractivity contribution < 1.29 is 15.3 Å². The first-order valence-corrected chi connectivity index (χ1v) is 5.84. The third kappa shape index (κ3) is 5.20. The van der Waals surface area contributed by atoms with Crippen LogP contribution in [0.4, 0.5) is 0 Å². The van der Waals surface area contributed by atoms with Gasteiger partial charge in [0, 0.05) is 26.2 Å². The Bertz CT molecular complexity index is 186. The molecule has 1 saturated heterocycles. The van der Waals surface area contributed by atoms with E-state index in [2.05, 4.69) is 10.6 Å². The Morgan fingerprint density at radius 2 is 1.75 bits per heavy atom. The van der Waals surface area contributed by atoms with Gasteiger partial charge in [-0.15, -0.1) is 0 Å². The molecule has 0 saturated carbocycles. The molecule has 0 aromatic rings. The summed E-state index contributed by atoms with van der Waals surface area (Å²) in [5.74, 6) is 0. The van der Waals surface area contributed by atoms with Crippen molar-refractivity contribution in [2.75, 3.05) is 19.8 Å². The van der Waals surface area contributed by atoms with Crippen LogP contribution >= 0.6 is 0 Å². The smallest absolute Gasteiger partial charge is 0.111 e. The van der Waals surface area contributed by atoms with Crippen LogP contribution in [0.5, 0.6) is 0 Å². The number of rotatable bonds is 7. The van der Waals surface area contributed by atoms with Gasteiger partial charge in [0.05, 0.1) is 0 Å². The van der Waals surface area contributed by atoms with Gasteiger partial charge in [0.2, 0.25) is 0 Å². The first-order valence-electron chi connectivity index (χ1n) is 5.84. The van der Waals surface area contributed by atoms with Crippen molar-refractivity contribution in [3.8, 4) is 0 Å². The quantitative estimate of drug-likeness (QED) is 0.347. The van der Waals surface area contributed by atoms with E-state index in [0.29, 0.717) is 6.67 Å². The Balaban J connectivity index is 2.10. The molecule has 0 spiro atoms. The molecular weight excluding hydrogens is 210 g/mol. The third-order valence-corrected chi connectivity index (χ3v) is 2.73. The van der Waals surface area contributed by atoms with Crippen LogP contribution in [-0.2, 0) is 0 Å². The maximum absolute atomic E-state index is 9.78. The molecule has 1 rings (SSSR count). The lowest BCUT2D eigenvalue weighted by Crippen LogP contribution is -2.44. The number of nitrogens with one attached hydrogen (secondary N) is 2. The van der Waals surface area contributed by atoms with E-state index in [0.717, 1.165) is 25.9 Å². The fraction of sp³-hybridized carbons (Fsp3) is 1.00. The van der Waals surface area contributed by atoms with Gasteiger partial charge in [-0.1, -0.05) is 0 Å². The average molecular weight is 233 g/mol. The van der Waals surface area contributed by atoms with E-state index in [4.69, 9.17) is 5.11 Å². The predicted octanol–water partition coefficient (Wildman–Crippen LogP) is -1.42. The van der Waals surface area contributed by atoms with Gasteiger partial charge in [-0.05, 0) is 19.8 Å². The molecule has 3 unspecified atom stereocenters. The van der Waals surface area contributed by atoms with Crippen molar-refractivity contribution in [1.82, 2.24) is 15.5 Å². The molecule has 1 aliphatic rings. The van der Waals surface area contributed by atoms with Crippen LogP contribution in [0.25, 0.3) is 0 Å². The van der Waals surface area contributed by atoms with E-state index in [1.165, 1.54) is 0 Å². The molecule has 0 aromatic carbocycles. The number of hydrogen-bond acceptors (Lipinski definition) is 6. The SMILES string of the molecule is CC(O)NCNC(O)CC(O)N1CCCC1. The summed E-state index contributed by atoms with van der Waals surface area (Å²) in [5.41, 5.74) is 0. The first-order chi connectivity index (χ1) is 7.59. The number of aliphatic hydroxyl groups is 3. The lowest BCUT2D eigenvalue weighted by molar-refractivity contribution is -0.0276. The first kappa shape index (κ1) is 13.8. The van der Waals surface area contributed by atoms with Crippen molar-refractivity contribution in [2.45, 2.75) is 44.9 Å². The Morgan fingerprint density at radius 3 is 2.31 bits per heavy atom. The second kappa shape index (κ2) is 7.16. The fourth-order valence-corrected chi connectivity index (χ4v) is 1.80. The number of hydrogen-bond donors (Lipinski definition) is 5. The Morgan fingerprint density at radius 1 is 1.12 bits per heavy atom. The maximum atomic E-state index is 9.78. The van der Waals surface area contributed by atoms with Gasteiger partial charge in [0.15, 0.2) is 0 Å². The largest absolute Gasteiger partial charge is 0.379 e. The zero-order chi connectivity index (χ0) is 12.0. The van der Waals surface area contributed by atoms with Crippen molar-refractivity contribution in [2.24, 2.45) is 0 Å². The summed E-state index contributed by atoms with van der Waals surface area (Å²) in [6.45, 7) is 3.72. The summed E-state index contributed by atoms with van der Waals surface area (Å²) in [4.78, 5) is 1.97. The Hall–Kier alpha value is -0.240. The molecular formula is C10H23N3O3. The van der Waals surface area contributed by atoms with Crippen LogP contribution in [-0.4, -0.2) is 58.7 Å². The highest BCUT2D eigenvalue weighted by atomic mass is 16.3. The molecule has 0 aromatic heterocycles. The predicted molar refractivity (Wildman–Crippen MR) is 60.3 cm³/mol. The van der Waals surface area contributed by atoms with Crippen LogP contribution in [0.3, 0.4) is 0 Å². The highest BCUT2D eigenvalue weighted by Crippen LogP contribution is 2.12. The van der Waals surface area contributed by atoms with Crippen molar-refractivity contribution >= 4 is 0 Å². The topological polar surface area (TPSA) is 88.0 Å². The summed E-state index contributed by atoms with van der Waals surface area (Å²) in [5, 5.41) is 33.8. The van der Waals surface area contributed by atoms with Gasteiger partial charge in [-0.25, -0.2) is 0 Å². The number of likely N-dealkylation sites (tertiary alicyclic amines) is 1. The summed E-state index contributed by atoms with van der Waals surface area (Å²) in [6.07, 6.45) is 0.553. The van der Waals surface area contributed by atoms with Gasteiger partial charge in [-0.2, -0.15) is 0 Å². The number of aliphatic hydroxyl groups excluding tert-OH is 3. The molecule has 1 fully saturated rings. The van der Waals surface area contributed by atoms with Crippen LogP contribution in [0.15, 0.2) is 0 Å². The zero-order valence-electron chi connectivity index (χ0n) is 9.76. The van der Waals surface area contributed by atoms with Gasteiger partial charge >= 0.3 is 0 Å². The molecule has 5 N–H and O–H groups in total. The molecule has 96 valence electrons. The highest BCUT2D eigenvalue weighted by molar-refractivity contribution is 4.70. The molecule has 6 nitrogen and oxygen atoms in total. The fourth-order valence-electron chi connectivity index (χ4n) is 1.80. The molecule has 16 heavy (non-hydrogen) atoms. The standard InChI is InChI=1S/C10H23N3O3/c1-8(14)11-7-12-9(15)6-10(16)13-4-2-3-5-13/h8-12,14-16H,2-7H2,1H3. The van der Waals surface area contributed by atoms with E-state index in [1.54, 1.807) is 6.92 Å². The van der Waals surface area contributed by atoms with E-state index < -0.39 is 18.7 Å². The minimum atomic E-state index is -0.762. The van der Waals surface area contributed by atoms with E-state index in [-0.39, 0.29) is 6.42 Å². The van der Waals surface area contributed by atoms with Crippen molar-refractivity contribution in [3.05, 3.63) is 0 Å². The molecule has 1 aliphatic heterocycles. The molecule has 0 aliphatic carbocycles. The summed E-state index contributed by atoms with van der Waals surface area (Å²) in [6, 6.07) is 0. The van der Waals surface area contributed by atoms with Crippen LogP contribution < -0.4 is 10.6 Å². The minimum absolute atomic E-state index is 0.279. The third-order valence-electron chi connectivity index (χ3n) is 2.73. The van der Waals surface area contributed by atoms with Crippen LogP contribution in [0, 0.1) is 0 Å². The summed E-state index contributed by atoms with van der Waals surface area (Å²) < 4.78 is 0. The normalized spacial score (nSPS) is 23.2. The molecule has 0 bridgehead atoms. The van der Waals surface area contributed by atoms with E-state index in [1.807, 2.05) is 4.90 Å². The van der Waals surface area contributed by atoms with Gasteiger partial charge in [0.25, 0.3) is 0 Å². The van der Waals surface area contributed by atoms with Crippen molar-refractivity contribution in [1.29, 1.82) is 0 Å². The summed E-state index contributed by atoms with van der Waals surface area (Å²) >= 11 is 0. The molecule has 0 radical (unpaired) electrons. The zero-order valence-corrected chi connectivity index (χ0v) is 9.76. The van der Waals surface area contributed by atoms with Gasteiger partial charge in [0.1, 0.15) is 18.7 Å². The van der Waals surface area contributed by atoms with E-state index in [9.17, 15) is 10.2 Å². The molecule has 0 amide bonds. The second-order valence-corrected chi connectivity index (χ2v) is 4.24. The minimum Gasteiger partial charge on any atom is -0.379 e. The number of nitrogens with zero attached hydrogens (tertiary/aromatic N) is 1. The summed E-state index contributed by atoms with van der Waals surface area (Å²) in [7, 11) is 0. The molecule has 1 heterocycles. The lowest BCUT2D eigenvalue weighted by atomic mass is 10.3. The Labute approximate surface area is 96.3 Å². The molecule has 6 heteroatoms. The average Bonchev–Trinajstić information content (AvgIpc) is 2.69. The van der Waals surface area contributed by atoms with Gasteiger partial charge < -0.3 is 15.3 Å². The highest BCUT2D eigenvalue weighted by Gasteiger charge is 2.21.